The molecule has 0 atom stereocenters. The summed E-state index contributed by atoms with van der Waals surface area (Å²) in [5.41, 5.74) is 4.23. The average molecular weight is 291 g/mol. The van der Waals surface area contributed by atoms with Gasteiger partial charge in [-0.05, 0) is 18.4 Å². The van der Waals surface area contributed by atoms with Crippen LogP contribution in [-0.4, -0.2) is 21.1 Å². The molecule has 0 unspecified atom stereocenters. The zero-order valence-corrected chi connectivity index (χ0v) is 12.3. The van der Waals surface area contributed by atoms with Crippen molar-refractivity contribution >= 4 is 39.1 Å². The highest BCUT2D eigenvalue weighted by Gasteiger charge is 2.16. The van der Waals surface area contributed by atoms with Crippen LogP contribution < -0.4 is 0 Å². The molecule has 0 saturated heterocycles. The normalized spacial score (nSPS) is 13.8. The first-order valence-corrected chi connectivity index (χ1v) is 7.96. The molecular weight excluding hydrogens is 278 g/mol. The molecule has 0 amide bonds. The van der Waals surface area contributed by atoms with Gasteiger partial charge in [-0.3, -0.25) is 0 Å². The number of aromatic nitrogens is 2. The van der Waals surface area contributed by atoms with Crippen molar-refractivity contribution in [3.63, 3.8) is 0 Å². The van der Waals surface area contributed by atoms with E-state index in [4.69, 9.17) is 4.99 Å². The van der Waals surface area contributed by atoms with Crippen molar-refractivity contribution in [3.05, 3.63) is 66.4 Å². The van der Waals surface area contributed by atoms with E-state index in [1.807, 2.05) is 47.5 Å². The van der Waals surface area contributed by atoms with Crippen molar-refractivity contribution in [2.45, 2.75) is 0 Å². The maximum atomic E-state index is 4.77. The highest BCUT2D eigenvalue weighted by Crippen LogP contribution is 2.33. The lowest BCUT2D eigenvalue weighted by Crippen LogP contribution is -2.01. The SMILES string of the molecule is CSC1=Nc2cccc3cnn(c23)C(c2ccccc2)=C1. The Morgan fingerprint density at radius 3 is 2.67 bits per heavy atom. The van der Waals surface area contributed by atoms with Gasteiger partial charge in [0.15, 0.2) is 0 Å². The van der Waals surface area contributed by atoms with E-state index in [1.54, 1.807) is 11.8 Å². The van der Waals surface area contributed by atoms with Gasteiger partial charge in [-0.25, -0.2) is 9.67 Å². The number of nitrogens with zero attached hydrogens (tertiary/aromatic N) is 3. The third-order valence-corrected chi connectivity index (χ3v) is 4.20. The number of para-hydroxylation sites is 1. The Labute approximate surface area is 127 Å². The van der Waals surface area contributed by atoms with Crippen LogP contribution in [0.1, 0.15) is 5.56 Å². The van der Waals surface area contributed by atoms with E-state index in [2.05, 4.69) is 29.4 Å². The maximum absolute atomic E-state index is 4.77. The van der Waals surface area contributed by atoms with E-state index < -0.39 is 0 Å². The first-order chi connectivity index (χ1) is 10.4. The Balaban J connectivity index is 2.06. The first kappa shape index (κ1) is 12.4. The molecule has 1 aliphatic heterocycles. The van der Waals surface area contributed by atoms with Crippen molar-refractivity contribution < 1.29 is 0 Å². The molecule has 1 aliphatic rings. The molecule has 2 aromatic carbocycles. The third kappa shape index (κ3) is 1.99. The molecule has 4 rings (SSSR count). The molecule has 2 heterocycles. The van der Waals surface area contributed by atoms with E-state index in [0.717, 1.165) is 32.9 Å². The fourth-order valence-electron chi connectivity index (χ4n) is 2.58. The van der Waals surface area contributed by atoms with Gasteiger partial charge in [0.05, 0.1) is 28.1 Å². The standard InChI is InChI=1S/C17H13N3S/c1-21-16-10-15(12-6-3-2-4-7-12)20-17-13(11-18-20)8-5-9-14(17)19-16/h2-11H,1H3. The minimum Gasteiger partial charge on any atom is -0.240 e. The molecule has 0 spiro atoms. The fourth-order valence-corrected chi connectivity index (χ4v) is 3.00. The second kappa shape index (κ2) is 4.90. The van der Waals surface area contributed by atoms with Crippen LogP contribution in [0.3, 0.4) is 0 Å². The lowest BCUT2D eigenvalue weighted by atomic mass is 10.1. The molecule has 3 nitrogen and oxygen atoms in total. The summed E-state index contributed by atoms with van der Waals surface area (Å²) in [7, 11) is 0. The fraction of sp³-hybridized carbons (Fsp3) is 0.0588. The monoisotopic (exact) mass is 291 g/mol. The summed E-state index contributed by atoms with van der Waals surface area (Å²) < 4.78 is 1.99. The van der Waals surface area contributed by atoms with Gasteiger partial charge in [-0.2, -0.15) is 5.10 Å². The van der Waals surface area contributed by atoms with E-state index in [9.17, 15) is 0 Å². The number of thioether (sulfide) groups is 1. The molecule has 102 valence electrons. The van der Waals surface area contributed by atoms with Crippen LogP contribution in [0.15, 0.2) is 65.8 Å². The summed E-state index contributed by atoms with van der Waals surface area (Å²) in [6.07, 6.45) is 6.05. The van der Waals surface area contributed by atoms with Gasteiger partial charge in [0.25, 0.3) is 0 Å². The van der Waals surface area contributed by atoms with Crippen molar-refractivity contribution in [2.24, 2.45) is 4.99 Å². The third-order valence-electron chi connectivity index (χ3n) is 3.57. The van der Waals surface area contributed by atoms with Gasteiger partial charge in [-0.1, -0.05) is 42.5 Å². The summed E-state index contributed by atoms with van der Waals surface area (Å²) in [4.78, 5) is 4.77. The molecule has 0 aliphatic carbocycles. The van der Waals surface area contributed by atoms with Crippen molar-refractivity contribution in [1.29, 1.82) is 0 Å². The van der Waals surface area contributed by atoms with Crippen molar-refractivity contribution in [2.75, 3.05) is 6.26 Å². The molecule has 21 heavy (non-hydrogen) atoms. The highest BCUT2D eigenvalue weighted by atomic mass is 32.2. The minimum atomic E-state index is 0.969. The lowest BCUT2D eigenvalue weighted by Gasteiger charge is -2.08. The number of hydrogen-bond acceptors (Lipinski definition) is 3. The molecule has 0 N–H and O–H groups in total. The van der Waals surface area contributed by atoms with Crippen molar-refractivity contribution in [3.8, 4) is 0 Å². The Kier molecular flexibility index (Phi) is 2.89. The van der Waals surface area contributed by atoms with Crippen LogP contribution in [0.2, 0.25) is 0 Å². The van der Waals surface area contributed by atoms with Crippen molar-refractivity contribution in [1.82, 2.24) is 9.78 Å². The first-order valence-electron chi connectivity index (χ1n) is 6.74. The molecule has 0 radical (unpaired) electrons. The van der Waals surface area contributed by atoms with Crippen LogP contribution in [-0.2, 0) is 0 Å². The lowest BCUT2D eigenvalue weighted by molar-refractivity contribution is 0.937. The predicted octanol–water partition coefficient (Wildman–Crippen LogP) is 4.33. The van der Waals surface area contributed by atoms with Gasteiger partial charge in [0.2, 0.25) is 0 Å². The van der Waals surface area contributed by atoms with Gasteiger partial charge < -0.3 is 0 Å². The maximum Gasteiger partial charge on any atom is 0.0998 e. The smallest absolute Gasteiger partial charge is 0.0998 e. The van der Waals surface area contributed by atoms with Crippen LogP contribution >= 0.6 is 11.8 Å². The Hall–Kier alpha value is -2.33. The van der Waals surface area contributed by atoms with E-state index in [-0.39, 0.29) is 0 Å². The topological polar surface area (TPSA) is 30.2 Å². The zero-order valence-electron chi connectivity index (χ0n) is 11.5. The second-order valence-electron chi connectivity index (χ2n) is 4.82. The van der Waals surface area contributed by atoms with Crippen LogP contribution in [0.5, 0.6) is 0 Å². The predicted molar refractivity (Wildman–Crippen MR) is 90.2 cm³/mol. The van der Waals surface area contributed by atoms with Gasteiger partial charge in [0, 0.05) is 10.9 Å². The summed E-state index contributed by atoms with van der Waals surface area (Å²) in [5, 5.41) is 6.68. The van der Waals surface area contributed by atoms with Gasteiger partial charge in [-0.15, -0.1) is 11.8 Å². The number of aliphatic imine (C=N–C) groups is 1. The number of rotatable bonds is 1. The summed E-state index contributed by atoms with van der Waals surface area (Å²) in [5.74, 6) is 0. The molecule has 0 fully saturated rings. The molecule has 0 saturated carbocycles. The van der Waals surface area contributed by atoms with E-state index in [0.29, 0.717) is 0 Å². The summed E-state index contributed by atoms with van der Waals surface area (Å²) in [6, 6.07) is 16.5. The van der Waals surface area contributed by atoms with Gasteiger partial charge in [0.1, 0.15) is 0 Å². The van der Waals surface area contributed by atoms with E-state index in [1.165, 1.54) is 0 Å². The van der Waals surface area contributed by atoms with Crippen LogP contribution in [0.4, 0.5) is 5.69 Å². The van der Waals surface area contributed by atoms with Crippen LogP contribution in [0, 0.1) is 0 Å². The largest absolute Gasteiger partial charge is 0.240 e. The Morgan fingerprint density at radius 2 is 1.86 bits per heavy atom. The Bertz CT molecular complexity index is 875. The minimum absolute atomic E-state index is 0.969. The number of hydrogen-bond donors (Lipinski definition) is 0. The second-order valence-corrected chi connectivity index (χ2v) is 5.65. The molecule has 3 aromatic rings. The zero-order chi connectivity index (χ0) is 14.2. The number of benzene rings is 2. The molecular formula is C17H13N3S. The molecule has 0 bridgehead atoms. The molecule has 1 aromatic heterocycles. The highest BCUT2D eigenvalue weighted by molar-refractivity contribution is 8.13. The average Bonchev–Trinajstić information content (AvgIpc) is 2.89. The van der Waals surface area contributed by atoms with Gasteiger partial charge >= 0.3 is 0 Å². The summed E-state index contributed by atoms with van der Waals surface area (Å²) >= 11 is 1.65. The van der Waals surface area contributed by atoms with E-state index >= 15 is 0 Å². The van der Waals surface area contributed by atoms with Crippen LogP contribution in [0.25, 0.3) is 16.6 Å². The Morgan fingerprint density at radius 1 is 1.00 bits per heavy atom. The summed E-state index contributed by atoms with van der Waals surface area (Å²) in [6.45, 7) is 0. The quantitative estimate of drug-likeness (QED) is 0.668. The molecule has 4 heteroatoms.